The second-order valence-corrected chi connectivity index (χ2v) is 9.81. The Bertz CT molecular complexity index is 461. The molecule has 0 spiro atoms. The van der Waals surface area contributed by atoms with Gasteiger partial charge < -0.3 is 14.7 Å². The molecule has 0 saturated carbocycles. The molecule has 10 heteroatoms. The maximum absolute atomic E-state index is 12.6. The fourth-order valence-corrected chi connectivity index (χ4v) is 3.79. The second kappa shape index (κ2) is 8.07. The highest BCUT2D eigenvalue weighted by Gasteiger charge is 2.37. The smallest absolute Gasteiger partial charge is 0.350 e. The average Bonchev–Trinajstić information content (AvgIpc) is 2.45. The number of nitrogens with zero attached hydrogens (tertiary/aromatic N) is 2. The average molecular weight is 463 g/mol. The molecule has 23 heavy (non-hydrogen) atoms. The van der Waals surface area contributed by atoms with Gasteiger partial charge in [-0.25, -0.2) is 13.0 Å². The minimum atomic E-state index is -3.26. The fraction of sp³-hybridized carbons (Fsp3) is 0.923. The number of carbonyl (C=O) groups excluding carboxylic acids is 1. The van der Waals surface area contributed by atoms with Gasteiger partial charge in [0, 0.05) is 26.2 Å². The summed E-state index contributed by atoms with van der Waals surface area (Å²) in [4.78, 5) is 14.3. The van der Waals surface area contributed by atoms with E-state index in [4.69, 9.17) is 13.1 Å². The molecule has 1 aliphatic heterocycles. The molecule has 0 aliphatic carbocycles. The summed E-state index contributed by atoms with van der Waals surface area (Å²) in [5.74, 6) is -0.129. The Labute approximate surface area is 151 Å². The van der Waals surface area contributed by atoms with Crippen LogP contribution in [-0.4, -0.2) is 64.6 Å². The van der Waals surface area contributed by atoms with E-state index in [0.29, 0.717) is 39.2 Å². The number of aliphatic hydroxyl groups is 1. The van der Waals surface area contributed by atoms with Crippen LogP contribution in [0.5, 0.6) is 0 Å². The number of halogens is 1. The van der Waals surface area contributed by atoms with E-state index in [9.17, 15) is 14.5 Å². The zero-order valence-corrected chi connectivity index (χ0v) is 17.2. The first-order chi connectivity index (χ1) is 10.4. The third kappa shape index (κ3) is 6.56. The van der Waals surface area contributed by atoms with Crippen molar-refractivity contribution in [3.05, 3.63) is 0 Å². The van der Waals surface area contributed by atoms with Crippen molar-refractivity contribution in [3.8, 4) is 0 Å². The predicted octanol–water partition coefficient (Wildman–Crippen LogP) is 1.52. The number of hydrogen-bond donors (Lipinski definition) is 2. The van der Waals surface area contributed by atoms with Crippen LogP contribution in [0, 0.1) is 0 Å². The Morgan fingerprint density at radius 1 is 1.26 bits per heavy atom. The molecule has 1 heterocycles. The van der Waals surface area contributed by atoms with Gasteiger partial charge in [0.05, 0.1) is 12.2 Å². The topological polar surface area (TPSA) is 105 Å². The van der Waals surface area contributed by atoms with E-state index in [1.54, 1.807) is 37.3 Å². The molecule has 1 unspecified atom stereocenters. The van der Waals surface area contributed by atoms with Crippen molar-refractivity contribution >= 4 is 36.6 Å². The molecule has 3 N–H and O–H groups in total. The zero-order chi connectivity index (χ0) is 17.9. The number of hydrogen-bond acceptors (Lipinski definition) is 5. The second-order valence-electron chi connectivity index (χ2n) is 6.80. The van der Waals surface area contributed by atoms with E-state index >= 15 is 0 Å². The first-order valence-electron chi connectivity index (χ1n) is 7.49. The van der Waals surface area contributed by atoms with Gasteiger partial charge in [0.15, 0.2) is 0 Å². The highest BCUT2D eigenvalue weighted by molar-refractivity contribution is 14.1. The van der Waals surface area contributed by atoms with Gasteiger partial charge in [-0.2, -0.15) is 0 Å². The molecule has 0 aromatic heterocycles. The zero-order valence-electron chi connectivity index (χ0n) is 14.1. The van der Waals surface area contributed by atoms with Gasteiger partial charge in [-0.3, -0.25) is 9.36 Å². The van der Waals surface area contributed by atoms with Crippen molar-refractivity contribution in [3.63, 3.8) is 0 Å². The molecule has 1 amide bonds. The summed E-state index contributed by atoms with van der Waals surface area (Å²) in [6.45, 7) is 8.74. The summed E-state index contributed by atoms with van der Waals surface area (Å²) in [6.07, 6.45) is 0.445. The van der Waals surface area contributed by atoms with Gasteiger partial charge in [0.1, 0.15) is 28.6 Å². The number of rotatable bonds is 7. The third-order valence-corrected chi connectivity index (χ3v) is 6.81. The molecular weight excluding hydrogens is 436 g/mol. The van der Waals surface area contributed by atoms with E-state index in [1.165, 1.54) is 23.0 Å². The first kappa shape index (κ1) is 21.3. The molecular formula is C13H27IN3O5P. The number of ether oxygens (including phenoxy) is 1. The summed E-state index contributed by atoms with van der Waals surface area (Å²) >= 11 is 1.53. The van der Waals surface area contributed by atoms with Crippen LogP contribution in [0.1, 0.15) is 34.1 Å². The van der Waals surface area contributed by atoms with Crippen LogP contribution in [0.2, 0.25) is 0 Å². The molecule has 0 aromatic carbocycles. The summed E-state index contributed by atoms with van der Waals surface area (Å²) < 4.78 is 24.0. The largest absolute Gasteiger partial charge is 0.390 e. The van der Waals surface area contributed by atoms with Crippen LogP contribution in [0.25, 0.3) is 0 Å². The normalized spacial score (nSPS) is 20.4. The van der Waals surface area contributed by atoms with Gasteiger partial charge in [-0.05, 0) is 34.1 Å². The monoisotopic (exact) mass is 463 g/mol. The number of piperazine rings is 1. The molecule has 1 atom stereocenters. The minimum absolute atomic E-state index is 0.129. The van der Waals surface area contributed by atoms with Crippen molar-refractivity contribution in [2.24, 2.45) is 5.50 Å². The van der Waals surface area contributed by atoms with Gasteiger partial charge in [-0.1, -0.05) is 0 Å². The summed E-state index contributed by atoms with van der Waals surface area (Å²) in [7, 11) is -3.26. The summed E-state index contributed by atoms with van der Waals surface area (Å²) in [5, 5.41) is 9.70. The third-order valence-electron chi connectivity index (χ3n) is 3.73. The summed E-state index contributed by atoms with van der Waals surface area (Å²) in [6, 6.07) is 0. The molecule has 1 fully saturated rings. The van der Waals surface area contributed by atoms with E-state index in [1.807, 2.05) is 0 Å². The van der Waals surface area contributed by atoms with Crippen LogP contribution in [0.4, 0.5) is 0 Å². The standard InChI is InChI=1S/C13H27IN3O5P/c1-12(2,19)5-10-21-13(3,4)11(18)16-6-8-17(9-7-16)23(15,20)22-14/h19H,5-10H2,1-4H3,(H2,15,20). The number of carbonyl (C=O) groups is 1. The Kier molecular flexibility index (Phi) is 7.47. The van der Waals surface area contributed by atoms with Crippen LogP contribution >= 0.6 is 30.7 Å². The first-order valence-corrected chi connectivity index (χ1v) is 10.0. The van der Waals surface area contributed by atoms with Crippen LogP contribution in [0.3, 0.4) is 0 Å². The van der Waals surface area contributed by atoms with Crippen molar-refractivity contribution in [1.29, 1.82) is 0 Å². The number of amides is 1. The molecule has 0 bridgehead atoms. The molecule has 8 nitrogen and oxygen atoms in total. The lowest BCUT2D eigenvalue weighted by Gasteiger charge is -2.39. The van der Waals surface area contributed by atoms with E-state index in [2.05, 4.69) is 0 Å². The maximum Gasteiger partial charge on any atom is 0.350 e. The highest BCUT2D eigenvalue weighted by atomic mass is 127. The van der Waals surface area contributed by atoms with Gasteiger partial charge in [-0.15, -0.1) is 0 Å². The lowest BCUT2D eigenvalue weighted by Crippen LogP contribution is -2.54. The lowest BCUT2D eigenvalue weighted by molar-refractivity contribution is -0.157. The van der Waals surface area contributed by atoms with Crippen molar-refractivity contribution in [2.75, 3.05) is 32.8 Å². The summed E-state index contributed by atoms with van der Waals surface area (Å²) in [5.41, 5.74) is 3.80. The van der Waals surface area contributed by atoms with Gasteiger partial charge >= 0.3 is 7.67 Å². The SMILES string of the molecule is CC(C)(O)CCOC(C)(C)C(=O)N1CCN(P(N)(=O)OI)CC1. The molecule has 136 valence electrons. The van der Waals surface area contributed by atoms with E-state index < -0.39 is 18.9 Å². The van der Waals surface area contributed by atoms with Crippen molar-refractivity contribution < 1.29 is 22.1 Å². The minimum Gasteiger partial charge on any atom is -0.390 e. The van der Waals surface area contributed by atoms with Crippen molar-refractivity contribution in [1.82, 2.24) is 9.57 Å². The van der Waals surface area contributed by atoms with E-state index in [0.717, 1.165) is 0 Å². The lowest BCUT2D eigenvalue weighted by atomic mass is 10.0. The Balaban J connectivity index is 2.53. The van der Waals surface area contributed by atoms with Crippen LogP contribution in [0.15, 0.2) is 0 Å². The quantitative estimate of drug-likeness (QED) is 0.436. The fourth-order valence-electron chi connectivity index (χ4n) is 2.22. The number of nitrogens with two attached hydrogens (primary N) is 1. The maximum atomic E-state index is 12.6. The van der Waals surface area contributed by atoms with Crippen molar-refractivity contribution in [2.45, 2.75) is 45.3 Å². The Morgan fingerprint density at radius 3 is 2.22 bits per heavy atom. The molecule has 1 aliphatic rings. The Morgan fingerprint density at radius 2 is 1.78 bits per heavy atom. The van der Waals surface area contributed by atoms with Crippen LogP contribution in [-0.2, 0) is 16.9 Å². The van der Waals surface area contributed by atoms with Gasteiger partial charge in [0.25, 0.3) is 5.91 Å². The van der Waals surface area contributed by atoms with E-state index in [-0.39, 0.29) is 5.91 Å². The molecule has 1 rings (SSSR count). The molecule has 1 saturated heterocycles. The molecule has 0 aromatic rings. The van der Waals surface area contributed by atoms with Crippen LogP contribution < -0.4 is 5.50 Å². The predicted molar refractivity (Wildman–Crippen MR) is 96.0 cm³/mol. The Hall–Kier alpha value is 0.230. The highest BCUT2D eigenvalue weighted by Crippen LogP contribution is 2.45. The molecule has 0 radical (unpaired) electrons. The van der Waals surface area contributed by atoms with Gasteiger partial charge in [0.2, 0.25) is 0 Å².